The molecule has 23 heavy (non-hydrogen) atoms. The van der Waals surface area contributed by atoms with Crippen molar-refractivity contribution in [1.29, 1.82) is 0 Å². The summed E-state index contributed by atoms with van der Waals surface area (Å²) in [6.07, 6.45) is 1.56. The van der Waals surface area contributed by atoms with E-state index in [2.05, 4.69) is 32.9 Å². The fraction of sp³-hybridized carbons (Fsp3) is 0.188. The largest absolute Gasteiger partial charge is 0.480 e. The summed E-state index contributed by atoms with van der Waals surface area (Å²) in [7, 11) is 0. The van der Waals surface area contributed by atoms with E-state index >= 15 is 0 Å². The molecule has 0 atom stereocenters. The van der Waals surface area contributed by atoms with Gasteiger partial charge in [-0.3, -0.25) is 14.5 Å². The summed E-state index contributed by atoms with van der Waals surface area (Å²) >= 11 is 2.22. The van der Waals surface area contributed by atoms with Crippen molar-refractivity contribution in [2.75, 3.05) is 23.4 Å². The predicted molar refractivity (Wildman–Crippen MR) is 94.6 cm³/mol. The quantitative estimate of drug-likeness (QED) is 0.770. The Balaban J connectivity index is 1.76. The smallest absolute Gasteiger partial charge is 0.266 e. The van der Waals surface area contributed by atoms with E-state index in [1.54, 1.807) is 18.3 Å². The van der Waals surface area contributed by atoms with Gasteiger partial charge in [0.25, 0.3) is 5.91 Å². The molecular weight excluding hydrogens is 409 g/mol. The van der Waals surface area contributed by atoms with Crippen LogP contribution in [0.25, 0.3) is 0 Å². The van der Waals surface area contributed by atoms with E-state index in [-0.39, 0.29) is 25.0 Å². The Kier molecular flexibility index (Phi) is 4.46. The number of aromatic nitrogens is 1. The monoisotopic (exact) mass is 423 g/mol. The Bertz CT molecular complexity index is 779. The van der Waals surface area contributed by atoms with Gasteiger partial charge in [0.15, 0.2) is 18.2 Å². The van der Waals surface area contributed by atoms with Gasteiger partial charge in [-0.2, -0.15) is 0 Å². The zero-order valence-electron chi connectivity index (χ0n) is 12.4. The Morgan fingerprint density at radius 3 is 3.04 bits per heavy atom. The normalized spacial score (nSPS) is 13.3. The first-order valence-corrected chi connectivity index (χ1v) is 8.06. The van der Waals surface area contributed by atoms with E-state index in [1.807, 2.05) is 25.1 Å². The van der Waals surface area contributed by atoms with Gasteiger partial charge in [-0.1, -0.05) is 0 Å². The van der Waals surface area contributed by atoms with Crippen LogP contribution in [-0.2, 0) is 9.59 Å². The average molecular weight is 423 g/mol. The Morgan fingerprint density at radius 2 is 2.26 bits per heavy atom. The third-order valence-electron chi connectivity index (χ3n) is 3.42. The summed E-state index contributed by atoms with van der Waals surface area (Å²) in [6, 6.07) is 9.19. The van der Waals surface area contributed by atoms with Crippen LogP contribution in [0, 0.1) is 10.5 Å². The van der Waals surface area contributed by atoms with Gasteiger partial charge in [-0.15, -0.1) is 0 Å². The van der Waals surface area contributed by atoms with Crippen molar-refractivity contribution >= 4 is 45.9 Å². The van der Waals surface area contributed by atoms with Crippen molar-refractivity contribution in [2.24, 2.45) is 0 Å². The number of halogens is 1. The van der Waals surface area contributed by atoms with Gasteiger partial charge in [0.1, 0.15) is 6.54 Å². The molecule has 0 bridgehead atoms. The highest BCUT2D eigenvalue weighted by Gasteiger charge is 2.28. The second-order valence-corrected chi connectivity index (χ2v) is 6.35. The number of nitrogens with one attached hydrogen (secondary N) is 1. The number of ether oxygens (including phenoxy) is 1. The Labute approximate surface area is 147 Å². The molecule has 0 radical (unpaired) electrons. The van der Waals surface area contributed by atoms with Crippen LogP contribution in [0.4, 0.5) is 11.5 Å². The molecule has 1 aromatic heterocycles. The lowest BCUT2D eigenvalue weighted by molar-refractivity contribution is -0.123. The molecule has 1 N–H and O–H groups in total. The van der Waals surface area contributed by atoms with Crippen molar-refractivity contribution < 1.29 is 14.3 Å². The number of benzene rings is 1. The predicted octanol–water partition coefficient (Wildman–Crippen LogP) is 2.36. The molecule has 0 unspecified atom stereocenters. The molecule has 0 saturated carbocycles. The number of carbonyl (C=O) groups is 2. The summed E-state index contributed by atoms with van der Waals surface area (Å²) in [4.78, 5) is 29.8. The number of amides is 2. The minimum absolute atomic E-state index is 0.0888. The van der Waals surface area contributed by atoms with Crippen LogP contribution < -0.4 is 15.0 Å². The number of anilines is 2. The molecule has 2 heterocycles. The highest BCUT2D eigenvalue weighted by molar-refractivity contribution is 14.1. The molecule has 118 valence electrons. The minimum Gasteiger partial charge on any atom is -0.480 e. The number of nitrogens with zero attached hydrogens (tertiary/aromatic N) is 2. The fourth-order valence-corrected chi connectivity index (χ4v) is 2.94. The topological polar surface area (TPSA) is 71.5 Å². The van der Waals surface area contributed by atoms with Crippen LogP contribution in [0.2, 0.25) is 0 Å². The number of hydrogen-bond donors (Lipinski definition) is 1. The summed E-state index contributed by atoms with van der Waals surface area (Å²) in [5.41, 5.74) is 1.70. The van der Waals surface area contributed by atoms with Gasteiger partial charge in [0, 0.05) is 15.5 Å². The molecule has 3 rings (SSSR count). The van der Waals surface area contributed by atoms with E-state index < -0.39 is 0 Å². The lowest BCUT2D eigenvalue weighted by atomic mass is 10.2. The standard InChI is InChI=1S/C16H14IN3O3/c1-10-7-11(17)4-5-12(10)19-14(21)8-20-15(22)9-23-13-3-2-6-18-16(13)20/h2-7H,8-9H2,1H3,(H,19,21). The van der Waals surface area contributed by atoms with Gasteiger partial charge in [0.05, 0.1) is 0 Å². The van der Waals surface area contributed by atoms with Crippen LogP contribution in [0.1, 0.15) is 5.56 Å². The molecule has 6 nitrogen and oxygen atoms in total. The molecular formula is C16H14IN3O3. The highest BCUT2D eigenvalue weighted by atomic mass is 127. The summed E-state index contributed by atoms with van der Waals surface area (Å²) < 4.78 is 6.41. The van der Waals surface area contributed by atoms with Crippen molar-refractivity contribution in [3.05, 3.63) is 45.7 Å². The third kappa shape index (κ3) is 3.44. The minimum atomic E-state index is -0.286. The molecule has 2 aromatic rings. The highest BCUT2D eigenvalue weighted by Crippen LogP contribution is 2.28. The van der Waals surface area contributed by atoms with E-state index in [0.717, 1.165) is 14.8 Å². The van der Waals surface area contributed by atoms with Gasteiger partial charge in [-0.05, 0) is 65.4 Å². The Morgan fingerprint density at radius 1 is 1.43 bits per heavy atom. The molecule has 2 amide bonds. The van der Waals surface area contributed by atoms with Crippen LogP contribution >= 0.6 is 22.6 Å². The number of hydrogen-bond acceptors (Lipinski definition) is 4. The maximum atomic E-state index is 12.3. The van der Waals surface area contributed by atoms with Gasteiger partial charge in [-0.25, -0.2) is 4.98 Å². The molecule has 1 aliphatic rings. The maximum Gasteiger partial charge on any atom is 0.266 e. The van der Waals surface area contributed by atoms with Crippen molar-refractivity contribution in [1.82, 2.24) is 4.98 Å². The van der Waals surface area contributed by atoms with Crippen LogP contribution in [0.5, 0.6) is 5.75 Å². The Hall–Kier alpha value is -2.16. The maximum absolute atomic E-state index is 12.3. The summed E-state index contributed by atoms with van der Waals surface area (Å²) in [5.74, 6) is 0.315. The van der Waals surface area contributed by atoms with Crippen molar-refractivity contribution in [2.45, 2.75) is 6.92 Å². The third-order valence-corrected chi connectivity index (χ3v) is 4.09. The molecule has 1 aromatic carbocycles. The SMILES string of the molecule is Cc1cc(I)ccc1NC(=O)CN1C(=O)COc2cccnc21. The van der Waals surface area contributed by atoms with Crippen LogP contribution in [-0.4, -0.2) is 29.9 Å². The molecule has 1 aliphatic heterocycles. The number of rotatable bonds is 3. The van der Waals surface area contributed by atoms with Crippen molar-refractivity contribution in [3.63, 3.8) is 0 Å². The van der Waals surface area contributed by atoms with Crippen LogP contribution in [0.15, 0.2) is 36.5 Å². The number of carbonyl (C=O) groups excluding carboxylic acids is 2. The van der Waals surface area contributed by atoms with E-state index in [0.29, 0.717) is 11.6 Å². The van der Waals surface area contributed by atoms with Gasteiger partial charge in [0.2, 0.25) is 5.91 Å². The first-order valence-electron chi connectivity index (χ1n) is 6.99. The lowest BCUT2D eigenvalue weighted by Gasteiger charge is -2.27. The molecule has 0 spiro atoms. The first-order chi connectivity index (χ1) is 11.0. The van der Waals surface area contributed by atoms with E-state index in [4.69, 9.17) is 4.74 Å². The zero-order valence-corrected chi connectivity index (χ0v) is 14.5. The van der Waals surface area contributed by atoms with Gasteiger partial charge >= 0.3 is 0 Å². The van der Waals surface area contributed by atoms with Crippen molar-refractivity contribution in [3.8, 4) is 5.75 Å². The number of pyridine rings is 1. The van der Waals surface area contributed by atoms with Gasteiger partial charge < -0.3 is 10.1 Å². The van der Waals surface area contributed by atoms with Crippen LogP contribution in [0.3, 0.4) is 0 Å². The lowest BCUT2D eigenvalue weighted by Crippen LogP contribution is -2.44. The fourth-order valence-electron chi connectivity index (χ4n) is 2.30. The first kappa shape index (κ1) is 15.7. The molecule has 0 aliphatic carbocycles. The van der Waals surface area contributed by atoms with E-state index in [9.17, 15) is 9.59 Å². The molecule has 7 heteroatoms. The van der Waals surface area contributed by atoms with E-state index in [1.165, 1.54) is 4.90 Å². The molecule has 0 fully saturated rings. The summed E-state index contributed by atoms with van der Waals surface area (Å²) in [5, 5.41) is 2.83. The summed E-state index contributed by atoms with van der Waals surface area (Å²) in [6.45, 7) is 1.74. The average Bonchev–Trinajstić information content (AvgIpc) is 2.53. The zero-order chi connectivity index (χ0) is 16.4. The molecule has 0 saturated heterocycles. The second-order valence-electron chi connectivity index (χ2n) is 5.10. The number of fused-ring (bicyclic) bond motifs is 1. The second kappa shape index (κ2) is 6.53. The number of aryl methyl sites for hydroxylation is 1.